The predicted octanol–water partition coefficient (Wildman–Crippen LogP) is 2.48. The smallest absolute Gasteiger partial charge is 0.419 e. The van der Waals surface area contributed by atoms with Gasteiger partial charge in [-0.1, -0.05) is 0 Å². The van der Waals surface area contributed by atoms with Gasteiger partial charge in [0, 0.05) is 25.8 Å². The van der Waals surface area contributed by atoms with Crippen LogP contribution >= 0.6 is 0 Å². The number of rotatable bonds is 1. The van der Waals surface area contributed by atoms with E-state index in [4.69, 9.17) is 5.11 Å². The van der Waals surface area contributed by atoms with Crippen LogP contribution in [0.2, 0.25) is 0 Å². The van der Waals surface area contributed by atoms with E-state index in [-0.39, 0.29) is 0 Å². The average Bonchev–Trinajstić information content (AvgIpc) is 2.01. The highest BCUT2D eigenvalue weighted by atomic mass is 19.4. The summed E-state index contributed by atoms with van der Waals surface area (Å²) in [7, 11) is 3.37. The van der Waals surface area contributed by atoms with Crippen molar-refractivity contribution in [2.24, 2.45) is 0 Å². The van der Waals surface area contributed by atoms with Crippen LogP contribution in [0.15, 0.2) is 18.2 Å². The minimum Gasteiger partial charge on any atom is -0.507 e. The van der Waals surface area contributed by atoms with Gasteiger partial charge in [-0.2, -0.15) is 13.2 Å². The van der Waals surface area contributed by atoms with Gasteiger partial charge >= 0.3 is 6.18 Å². The normalized spacial score (nSPS) is 11.5. The van der Waals surface area contributed by atoms with Gasteiger partial charge in [-0.3, -0.25) is 0 Å². The van der Waals surface area contributed by atoms with Gasteiger partial charge in [0.25, 0.3) is 0 Å². The van der Waals surface area contributed by atoms with Crippen LogP contribution in [-0.2, 0) is 6.18 Å². The number of benzene rings is 1. The summed E-state index contributed by atoms with van der Waals surface area (Å²) in [5.41, 5.74) is -0.487. The third-order valence-electron chi connectivity index (χ3n) is 1.80. The Balaban J connectivity index is 3.15. The third-order valence-corrected chi connectivity index (χ3v) is 1.80. The molecule has 0 spiro atoms. The monoisotopic (exact) mass is 205 g/mol. The predicted molar refractivity (Wildman–Crippen MR) is 47.4 cm³/mol. The Hall–Kier alpha value is -1.39. The fourth-order valence-corrected chi connectivity index (χ4v) is 1.04. The fraction of sp³-hybridized carbons (Fsp3) is 0.333. The molecule has 0 amide bonds. The van der Waals surface area contributed by atoms with E-state index in [9.17, 15) is 13.2 Å². The molecule has 0 aromatic heterocycles. The molecule has 0 unspecified atom stereocenters. The molecule has 0 fully saturated rings. The second kappa shape index (κ2) is 3.40. The van der Waals surface area contributed by atoms with E-state index in [0.29, 0.717) is 5.69 Å². The lowest BCUT2D eigenvalue weighted by atomic mass is 10.1. The molecule has 1 aromatic rings. The number of halogens is 3. The van der Waals surface area contributed by atoms with E-state index in [1.165, 1.54) is 6.07 Å². The van der Waals surface area contributed by atoms with Gasteiger partial charge in [0.05, 0.1) is 5.56 Å². The summed E-state index contributed by atoms with van der Waals surface area (Å²) >= 11 is 0. The number of hydrogen-bond acceptors (Lipinski definition) is 2. The molecule has 0 heterocycles. The molecule has 0 radical (unpaired) electrons. The largest absolute Gasteiger partial charge is 0.507 e. The molecular formula is C9H10F3NO. The number of nitrogens with zero attached hydrogens (tertiary/aromatic N) is 1. The van der Waals surface area contributed by atoms with Crippen LogP contribution in [0, 0.1) is 0 Å². The van der Waals surface area contributed by atoms with Crippen molar-refractivity contribution >= 4 is 5.69 Å². The molecule has 0 bridgehead atoms. The summed E-state index contributed by atoms with van der Waals surface area (Å²) in [6.45, 7) is 0. The maximum Gasteiger partial charge on any atom is 0.419 e. The summed E-state index contributed by atoms with van der Waals surface area (Å²) in [6, 6.07) is 3.26. The number of phenols is 1. The highest BCUT2D eigenvalue weighted by Gasteiger charge is 2.33. The minimum atomic E-state index is -4.51. The number of alkyl halides is 3. The van der Waals surface area contributed by atoms with Gasteiger partial charge in [-0.15, -0.1) is 0 Å². The number of hydrogen-bond donors (Lipinski definition) is 1. The van der Waals surface area contributed by atoms with E-state index >= 15 is 0 Å². The molecule has 1 aromatic carbocycles. The van der Waals surface area contributed by atoms with Crippen LogP contribution in [0.3, 0.4) is 0 Å². The molecule has 14 heavy (non-hydrogen) atoms. The highest BCUT2D eigenvalue weighted by Crippen LogP contribution is 2.37. The first-order valence-electron chi connectivity index (χ1n) is 3.90. The van der Waals surface area contributed by atoms with Gasteiger partial charge in [0.2, 0.25) is 0 Å². The maximum absolute atomic E-state index is 12.2. The van der Waals surface area contributed by atoms with Gasteiger partial charge in [0.15, 0.2) is 0 Å². The summed E-state index contributed by atoms with van der Waals surface area (Å²) < 4.78 is 36.6. The summed E-state index contributed by atoms with van der Waals surface area (Å²) in [4.78, 5) is 1.61. The van der Waals surface area contributed by atoms with Crippen molar-refractivity contribution in [2.75, 3.05) is 19.0 Å². The van der Waals surface area contributed by atoms with Gasteiger partial charge < -0.3 is 10.0 Å². The lowest BCUT2D eigenvalue weighted by Gasteiger charge is -2.15. The standard InChI is InChI=1S/C9H10F3NO/c1-13(2)6-3-4-7(8(14)5-6)9(10,11)12/h3-5,14H,1-2H3. The molecule has 78 valence electrons. The molecule has 1 N–H and O–H groups in total. The van der Waals surface area contributed by atoms with Gasteiger partial charge in [-0.05, 0) is 12.1 Å². The highest BCUT2D eigenvalue weighted by molar-refractivity contribution is 5.53. The lowest BCUT2D eigenvalue weighted by molar-refractivity contribution is -0.138. The van der Waals surface area contributed by atoms with Crippen molar-refractivity contribution in [3.63, 3.8) is 0 Å². The molecule has 0 aliphatic carbocycles. The topological polar surface area (TPSA) is 23.5 Å². The number of anilines is 1. The SMILES string of the molecule is CN(C)c1ccc(C(F)(F)F)c(O)c1. The zero-order valence-corrected chi connectivity index (χ0v) is 7.76. The van der Waals surface area contributed by atoms with E-state index in [1.54, 1.807) is 19.0 Å². The molecule has 2 nitrogen and oxygen atoms in total. The minimum absolute atomic E-state index is 0.524. The molecular weight excluding hydrogens is 195 g/mol. The summed E-state index contributed by atoms with van der Waals surface area (Å²) in [5.74, 6) is -0.747. The van der Waals surface area contributed by atoms with Crippen LogP contribution in [0.25, 0.3) is 0 Å². The second-order valence-corrected chi connectivity index (χ2v) is 3.09. The fourth-order valence-electron chi connectivity index (χ4n) is 1.04. The van der Waals surface area contributed by atoms with Crippen LogP contribution < -0.4 is 4.90 Å². The van der Waals surface area contributed by atoms with E-state index < -0.39 is 17.5 Å². The lowest BCUT2D eigenvalue weighted by Crippen LogP contribution is -2.10. The van der Waals surface area contributed by atoms with Crippen LogP contribution in [0.1, 0.15) is 5.56 Å². The Morgan fingerprint density at radius 2 is 1.79 bits per heavy atom. The quantitative estimate of drug-likeness (QED) is 0.761. The number of phenolic OH excluding ortho intramolecular Hbond substituents is 1. The zero-order valence-electron chi connectivity index (χ0n) is 7.76. The Kier molecular flexibility index (Phi) is 2.59. The number of aromatic hydroxyl groups is 1. The molecule has 0 aliphatic heterocycles. The van der Waals surface area contributed by atoms with Gasteiger partial charge in [-0.25, -0.2) is 0 Å². The van der Waals surface area contributed by atoms with Crippen molar-refractivity contribution in [3.8, 4) is 5.75 Å². The third kappa shape index (κ3) is 2.10. The Labute approximate surface area is 79.6 Å². The van der Waals surface area contributed by atoms with E-state index in [0.717, 1.165) is 12.1 Å². The van der Waals surface area contributed by atoms with Crippen molar-refractivity contribution in [1.29, 1.82) is 0 Å². The first kappa shape index (κ1) is 10.7. The van der Waals surface area contributed by atoms with Gasteiger partial charge in [0.1, 0.15) is 5.75 Å². The maximum atomic E-state index is 12.2. The van der Waals surface area contributed by atoms with Crippen LogP contribution in [-0.4, -0.2) is 19.2 Å². The first-order valence-corrected chi connectivity index (χ1v) is 3.90. The van der Waals surface area contributed by atoms with E-state index in [2.05, 4.69) is 0 Å². The van der Waals surface area contributed by atoms with Crippen LogP contribution in [0.4, 0.5) is 18.9 Å². The molecule has 0 aliphatic rings. The van der Waals surface area contributed by atoms with Crippen molar-refractivity contribution in [1.82, 2.24) is 0 Å². The molecule has 5 heteroatoms. The molecule has 1 rings (SSSR count). The van der Waals surface area contributed by atoms with Crippen molar-refractivity contribution in [3.05, 3.63) is 23.8 Å². The molecule has 0 saturated heterocycles. The van der Waals surface area contributed by atoms with Crippen molar-refractivity contribution in [2.45, 2.75) is 6.18 Å². The second-order valence-electron chi connectivity index (χ2n) is 3.09. The first-order chi connectivity index (χ1) is 6.32. The van der Waals surface area contributed by atoms with Crippen LogP contribution in [0.5, 0.6) is 5.75 Å². The summed E-state index contributed by atoms with van der Waals surface area (Å²) in [6.07, 6.45) is -4.51. The van der Waals surface area contributed by atoms with Crippen molar-refractivity contribution < 1.29 is 18.3 Å². The summed E-state index contributed by atoms with van der Waals surface area (Å²) in [5, 5.41) is 9.13. The Morgan fingerprint density at radius 3 is 2.14 bits per heavy atom. The Morgan fingerprint density at radius 1 is 1.21 bits per heavy atom. The average molecular weight is 205 g/mol. The molecule has 0 saturated carbocycles. The molecule has 0 atom stereocenters. The zero-order chi connectivity index (χ0) is 10.9. The Bertz CT molecular complexity index is 333. The van der Waals surface area contributed by atoms with E-state index in [1.807, 2.05) is 0 Å².